The second kappa shape index (κ2) is 5.03. The van der Waals surface area contributed by atoms with E-state index in [1.165, 1.54) is 6.07 Å². The second-order valence-corrected chi connectivity index (χ2v) is 5.21. The number of amides is 1. The maximum absolute atomic E-state index is 11.6. The topological polar surface area (TPSA) is 42.2 Å². The van der Waals surface area contributed by atoms with Crippen LogP contribution in [0.1, 0.15) is 15.4 Å². The molecule has 0 unspecified atom stereocenters. The molecule has 0 fully saturated rings. The fourth-order valence-corrected chi connectivity index (χ4v) is 2.71. The Bertz CT molecular complexity index is 508. The molecule has 0 saturated carbocycles. The van der Waals surface area contributed by atoms with Crippen molar-refractivity contribution in [2.75, 3.05) is 0 Å². The number of nitrogens with one attached hydrogen (secondary N) is 1. The van der Waals surface area contributed by atoms with Gasteiger partial charge in [-0.25, -0.2) is 0 Å². The van der Waals surface area contributed by atoms with Crippen LogP contribution in [-0.2, 0) is 6.54 Å². The number of thiophene rings is 1. The van der Waals surface area contributed by atoms with Gasteiger partial charge in [-0.15, -0.1) is 11.3 Å². The van der Waals surface area contributed by atoms with Crippen LogP contribution in [0.15, 0.2) is 32.5 Å². The monoisotopic (exact) mass is 319 g/mol. The van der Waals surface area contributed by atoms with Crippen LogP contribution in [0.4, 0.5) is 0 Å². The SMILES string of the molecule is O=C(NCc1sccc1Br)c1ccc(Cl)o1. The highest BCUT2D eigenvalue weighted by molar-refractivity contribution is 9.10. The highest BCUT2D eigenvalue weighted by Gasteiger charge is 2.11. The standard InChI is InChI=1S/C10H7BrClNO2S/c11-6-3-4-16-8(6)5-13-10(14)7-1-2-9(12)15-7/h1-4H,5H2,(H,13,14). The van der Waals surface area contributed by atoms with Crippen LogP contribution in [0, 0.1) is 0 Å². The smallest absolute Gasteiger partial charge is 0.287 e. The van der Waals surface area contributed by atoms with Gasteiger partial charge >= 0.3 is 0 Å². The molecule has 2 aromatic heterocycles. The van der Waals surface area contributed by atoms with Crippen LogP contribution < -0.4 is 5.32 Å². The normalized spacial score (nSPS) is 10.4. The zero-order valence-electron chi connectivity index (χ0n) is 8.00. The molecule has 2 heterocycles. The fourth-order valence-electron chi connectivity index (χ4n) is 1.14. The average molecular weight is 321 g/mol. The summed E-state index contributed by atoms with van der Waals surface area (Å²) in [6.45, 7) is 0.468. The molecule has 0 saturated heterocycles. The number of hydrogen-bond acceptors (Lipinski definition) is 3. The lowest BCUT2D eigenvalue weighted by Crippen LogP contribution is -2.21. The van der Waals surface area contributed by atoms with Gasteiger partial charge in [-0.05, 0) is 51.1 Å². The molecule has 84 valence electrons. The third-order valence-electron chi connectivity index (χ3n) is 1.90. The first kappa shape index (κ1) is 11.7. The summed E-state index contributed by atoms with van der Waals surface area (Å²) in [5, 5.41) is 4.91. The van der Waals surface area contributed by atoms with Crippen molar-refractivity contribution in [3.8, 4) is 0 Å². The van der Waals surface area contributed by atoms with Gasteiger partial charge in [0, 0.05) is 9.35 Å². The number of rotatable bonds is 3. The summed E-state index contributed by atoms with van der Waals surface area (Å²) < 4.78 is 5.99. The van der Waals surface area contributed by atoms with Gasteiger partial charge in [0.05, 0.1) is 6.54 Å². The van der Waals surface area contributed by atoms with Gasteiger partial charge in [0.15, 0.2) is 11.0 Å². The zero-order chi connectivity index (χ0) is 11.5. The summed E-state index contributed by atoms with van der Waals surface area (Å²) >= 11 is 10.5. The molecular formula is C10H7BrClNO2S. The van der Waals surface area contributed by atoms with E-state index in [-0.39, 0.29) is 16.9 Å². The Hall–Kier alpha value is -0.780. The van der Waals surface area contributed by atoms with E-state index in [4.69, 9.17) is 16.0 Å². The lowest BCUT2D eigenvalue weighted by atomic mass is 10.4. The van der Waals surface area contributed by atoms with Crippen LogP contribution >= 0.6 is 38.9 Å². The van der Waals surface area contributed by atoms with Gasteiger partial charge in [-0.2, -0.15) is 0 Å². The molecule has 0 aliphatic carbocycles. The molecule has 1 N–H and O–H groups in total. The zero-order valence-corrected chi connectivity index (χ0v) is 11.2. The molecule has 0 aliphatic heterocycles. The Labute approximate surface area is 110 Å². The van der Waals surface area contributed by atoms with E-state index in [0.717, 1.165) is 9.35 Å². The van der Waals surface area contributed by atoms with Crippen molar-refractivity contribution in [3.63, 3.8) is 0 Å². The van der Waals surface area contributed by atoms with Gasteiger partial charge in [0.25, 0.3) is 5.91 Å². The summed E-state index contributed by atoms with van der Waals surface area (Å²) in [7, 11) is 0. The predicted octanol–water partition coefficient (Wildman–Crippen LogP) is 3.69. The summed E-state index contributed by atoms with van der Waals surface area (Å²) in [6.07, 6.45) is 0. The molecule has 0 bridgehead atoms. The largest absolute Gasteiger partial charge is 0.440 e. The number of hydrogen-bond donors (Lipinski definition) is 1. The minimum absolute atomic E-state index is 0.211. The van der Waals surface area contributed by atoms with Gasteiger partial charge in [-0.1, -0.05) is 0 Å². The molecule has 0 spiro atoms. The Morgan fingerprint density at radius 1 is 1.50 bits per heavy atom. The van der Waals surface area contributed by atoms with Crippen molar-refractivity contribution in [2.45, 2.75) is 6.54 Å². The summed E-state index contributed by atoms with van der Waals surface area (Å²) in [4.78, 5) is 12.7. The molecule has 0 aromatic carbocycles. The second-order valence-electron chi connectivity index (χ2n) is 2.98. The van der Waals surface area contributed by atoms with E-state index >= 15 is 0 Å². The Morgan fingerprint density at radius 3 is 2.88 bits per heavy atom. The molecule has 6 heteroatoms. The third kappa shape index (κ3) is 2.66. The van der Waals surface area contributed by atoms with E-state index in [0.29, 0.717) is 6.54 Å². The van der Waals surface area contributed by atoms with Crippen molar-refractivity contribution >= 4 is 44.8 Å². The van der Waals surface area contributed by atoms with Crippen molar-refractivity contribution < 1.29 is 9.21 Å². The van der Waals surface area contributed by atoms with E-state index in [9.17, 15) is 4.79 Å². The Balaban J connectivity index is 1.96. The Morgan fingerprint density at radius 2 is 2.31 bits per heavy atom. The Kier molecular flexibility index (Phi) is 3.68. The molecule has 0 aliphatic rings. The molecule has 2 rings (SSSR count). The van der Waals surface area contributed by atoms with Crippen molar-refractivity contribution in [1.29, 1.82) is 0 Å². The van der Waals surface area contributed by atoms with E-state index < -0.39 is 0 Å². The average Bonchev–Trinajstić information content (AvgIpc) is 2.84. The summed E-state index contributed by atoms with van der Waals surface area (Å²) in [5.41, 5.74) is 0. The van der Waals surface area contributed by atoms with E-state index in [1.807, 2.05) is 11.4 Å². The molecule has 3 nitrogen and oxygen atoms in total. The number of carbonyl (C=O) groups excluding carboxylic acids is 1. The highest BCUT2D eigenvalue weighted by atomic mass is 79.9. The lowest BCUT2D eigenvalue weighted by molar-refractivity contribution is 0.0923. The first-order valence-corrected chi connectivity index (χ1v) is 6.47. The minimum Gasteiger partial charge on any atom is -0.440 e. The molecule has 0 atom stereocenters. The highest BCUT2D eigenvalue weighted by Crippen LogP contribution is 2.22. The van der Waals surface area contributed by atoms with Crippen LogP contribution in [-0.4, -0.2) is 5.91 Å². The first-order valence-electron chi connectivity index (χ1n) is 4.42. The van der Waals surface area contributed by atoms with Crippen molar-refractivity contribution in [3.05, 3.63) is 43.9 Å². The van der Waals surface area contributed by atoms with Gasteiger partial charge in [0.1, 0.15) is 0 Å². The quantitative estimate of drug-likeness (QED) is 0.937. The number of furan rings is 1. The first-order chi connectivity index (χ1) is 7.66. The van der Waals surface area contributed by atoms with Crippen LogP contribution in [0.25, 0.3) is 0 Å². The third-order valence-corrected chi connectivity index (χ3v) is 4.03. The maximum atomic E-state index is 11.6. The summed E-state index contributed by atoms with van der Waals surface area (Å²) in [5.74, 6) is -0.0510. The fraction of sp³-hybridized carbons (Fsp3) is 0.100. The van der Waals surface area contributed by atoms with Crippen LogP contribution in [0.5, 0.6) is 0 Å². The van der Waals surface area contributed by atoms with Crippen molar-refractivity contribution in [1.82, 2.24) is 5.32 Å². The van der Waals surface area contributed by atoms with Crippen LogP contribution in [0.3, 0.4) is 0 Å². The van der Waals surface area contributed by atoms with Crippen LogP contribution in [0.2, 0.25) is 5.22 Å². The number of carbonyl (C=O) groups is 1. The molecule has 1 amide bonds. The van der Waals surface area contributed by atoms with Gasteiger partial charge in [0.2, 0.25) is 0 Å². The van der Waals surface area contributed by atoms with Gasteiger partial charge < -0.3 is 9.73 Å². The van der Waals surface area contributed by atoms with Gasteiger partial charge in [-0.3, -0.25) is 4.79 Å². The van der Waals surface area contributed by atoms with E-state index in [2.05, 4.69) is 21.2 Å². The summed E-state index contributed by atoms with van der Waals surface area (Å²) in [6, 6.07) is 5.02. The number of halogens is 2. The lowest BCUT2D eigenvalue weighted by Gasteiger charge is -2.01. The molecule has 2 aromatic rings. The molecule has 0 radical (unpaired) electrons. The molecule has 16 heavy (non-hydrogen) atoms. The van der Waals surface area contributed by atoms with E-state index in [1.54, 1.807) is 17.4 Å². The minimum atomic E-state index is -0.271. The molecular weight excluding hydrogens is 314 g/mol. The maximum Gasteiger partial charge on any atom is 0.287 e. The van der Waals surface area contributed by atoms with Crippen molar-refractivity contribution in [2.24, 2.45) is 0 Å². The predicted molar refractivity (Wildman–Crippen MR) is 66.9 cm³/mol.